The number of rotatable bonds is 4. The molecule has 1 aliphatic carbocycles. The van der Waals surface area contributed by atoms with Gasteiger partial charge in [-0.2, -0.15) is 0 Å². The number of anilines is 1. The molecular formula is C29H31N3O4. The molecule has 186 valence electrons. The molecule has 36 heavy (non-hydrogen) atoms. The maximum Gasteiger partial charge on any atom is 0.264 e. The summed E-state index contributed by atoms with van der Waals surface area (Å²) >= 11 is 0. The normalized spacial score (nSPS) is 28.1. The largest absolute Gasteiger partial charge is 0.383 e. The second kappa shape index (κ2) is 8.13. The molecule has 1 saturated heterocycles. The van der Waals surface area contributed by atoms with Gasteiger partial charge in [0.25, 0.3) is 5.91 Å². The lowest BCUT2D eigenvalue weighted by Crippen LogP contribution is -2.52. The first kappa shape index (κ1) is 23.2. The van der Waals surface area contributed by atoms with Crippen LogP contribution >= 0.6 is 0 Å². The summed E-state index contributed by atoms with van der Waals surface area (Å²) in [7, 11) is 1.50. The number of amides is 2. The maximum atomic E-state index is 13.6. The molecule has 1 fully saturated rings. The molecule has 0 bridgehead atoms. The minimum Gasteiger partial charge on any atom is -0.383 e. The molecule has 3 aromatic rings. The molecule has 7 heteroatoms. The van der Waals surface area contributed by atoms with Crippen LogP contribution in [0.1, 0.15) is 48.9 Å². The molecule has 0 saturated carbocycles. The van der Waals surface area contributed by atoms with Gasteiger partial charge in [0.15, 0.2) is 5.60 Å². The topological polar surface area (TPSA) is 93.1 Å². The van der Waals surface area contributed by atoms with E-state index in [0.717, 1.165) is 21.9 Å². The van der Waals surface area contributed by atoms with E-state index in [-0.39, 0.29) is 24.4 Å². The van der Waals surface area contributed by atoms with Gasteiger partial charge in [0.2, 0.25) is 5.91 Å². The summed E-state index contributed by atoms with van der Waals surface area (Å²) in [5.41, 5.74) is 0.402. The number of carbonyl (C=O) groups is 2. The number of hydrogen-bond donors (Lipinski definition) is 3. The van der Waals surface area contributed by atoms with E-state index in [2.05, 4.69) is 34.5 Å². The van der Waals surface area contributed by atoms with Crippen LogP contribution in [0.4, 0.5) is 5.69 Å². The van der Waals surface area contributed by atoms with Gasteiger partial charge in [-0.05, 0) is 47.7 Å². The Labute approximate surface area is 210 Å². The Kier molecular flexibility index (Phi) is 5.23. The van der Waals surface area contributed by atoms with Gasteiger partial charge in [0.1, 0.15) is 5.60 Å². The lowest BCUT2D eigenvalue weighted by molar-refractivity contribution is -0.143. The minimum absolute atomic E-state index is 0.0990. The number of hydrogen-bond acceptors (Lipinski definition) is 5. The third-order valence-corrected chi connectivity index (χ3v) is 8.42. The predicted molar refractivity (Wildman–Crippen MR) is 137 cm³/mol. The number of piperidine rings is 1. The molecule has 3 aromatic carbocycles. The van der Waals surface area contributed by atoms with Gasteiger partial charge in [-0.3, -0.25) is 14.5 Å². The van der Waals surface area contributed by atoms with Crippen molar-refractivity contribution in [2.75, 3.05) is 25.0 Å². The van der Waals surface area contributed by atoms with Crippen LogP contribution in [0.25, 0.3) is 10.8 Å². The molecular weight excluding hydrogens is 454 g/mol. The molecule has 0 radical (unpaired) electrons. The molecule has 3 aliphatic rings. The van der Waals surface area contributed by atoms with Crippen molar-refractivity contribution in [3.05, 3.63) is 77.4 Å². The third-order valence-electron chi connectivity index (χ3n) is 8.42. The number of nitrogens with one attached hydrogen (secondary N) is 1. The standard InChI is InChI=1S/C29H31N3O4/c1-28(35)22-11-6-8-18-7-5-9-20(25(18)22)26(28)31-15-13-19(14-16-31)32-23-12-4-3-10-21(23)29(36,27(32)34)17-24(33)30-2/h3-12,19,26,35-36H,13-17H2,1-2H3,(H,30,33)/t26-,28+,29?/m0/s1. The summed E-state index contributed by atoms with van der Waals surface area (Å²) in [6, 6.07) is 19.3. The van der Waals surface area contributed by atoms with Crippen molar-refractivity contribution < 1.29 is 19.8 Å². The first-order chi connectivity index (χ1) is 17.3. The minimum atomic E-state index is -1.86. The SMILES string of the molecule is CNC(=O)CC1(O)C(=O)N(C2CCN([C@H]3c4cccc5cccc(c45)[C@@]3(C)O)CC2)c2ccccc21. The average Bonchev–Trinajstić information content (AvgIpc) is 3.25. The van der Waals surface area contributed by atoms with E-state index < -0.39 is 17.1 Å². The number of aliphatic hydroxyl groups is 2. The van der Waals surface area contributed by atoms with E-state index in [1.54, 1.807) is 17.0 Å². The van der Waals surface area contributed by atoms with Crippen molar-refractivity contribution in [1.82, 2.24) is 10.2 Å². The highest BCUT2D eigenvalue weighted by Crippen LogP contribution is 2.52. The number of para-hydroxylation sites is 1. The van der Waals surface area contributed by atoms with Gasteiger partial charge < -0.3 is 20.4 Å². The van der Waals surface area contributed by atoms with E-state index in [4.69, 9.17) is 0 Å². The number of likely N-dealkylation sites (tertiary alicyclic amines) is 1. The Bertz CT molecular complexity index is 1370. The average molecular weight is 486 g/mol. The van der Waals surface area contributed by atoms with Crippen LogP contribution in [0.2, 0.25) is 0 Å². The van der Waals surface area contributed by atoms with Crippen molar-refractivity contribution in [2.24, 2.45) is 0 Å². The van der Waals surface area contributed by atoms with Gasteiger partial charge in [0, 0.05) is 31.7 Å². The summed E-state index contributed by atoms with van der Waals surface area (Å²) in [6.45, 7) is 3.31. The second-order valence-electron chi connectivity index (χ2n) is 10.5. The van der Waals surface area contributed by atoms with E-state index in [0.29, 0.717) is 37.2 Å². The second-order valence-corrected chi connectivity index (χ2v) is 10.5. The van der Waals surface area contributed by atoms with Gasteiger partial charge in [-0.25, -0.2) is 0 Å². The zero-order valence-electron chi connectivity index (χ0n) is 20.6. The number of benzene rings is 3. The highest BCUT2D eigenvalue weighted by molar-refractivity contribution is 6.09. The quantitative estimate of drug-likeness (QED) is 0.529. The fraction of sp³-hybridized carbons (Fsp3) is 0.379. The smallest absolute Gasteiger partial charge is 0.264 e. The van der Waals surface area contributed by atoms with Crippen LogP contribution in [0, 0.1) is 0 Å². The van der Waals surface area contributed by atoms with Crippen molar-refractivity contribution >= 4 is 28.3 Å². The molecule has 2 heterocycles. The molecule has 0 aromatic heterocycles. The zero-order chi connectivity index (χ0) is 25.2. The third kappa shape index (κ3) is 3.16. The van der Waals surface area contributed by atoms with Crippen LogP contribution in [0.15, 0.2) is 60.7 Å². The van der Waals surface area contributed by atoms with Gasteiger partial charge in [0.05, 0.1) is 18.2 Å². The summed E-state index contributed by atoms with van der Waals surface area (Å²) in [4.78, 5) is 29.8. The van der Waals surface area contributed by atoms with Crippen molar-refractivity contribution in [1.29, 1.82) is 0 Å². The molecule has 1 unspecified atom stereocenters. The van der Waals surface area contributed by atoms with Crippen LogP contribution in [0.3, 0.4) is 0 Å². The van der Waals surface area contributed by atoms with E-state index in [1.807, 2.05) is 31.2 Å². The maximum absolute atomic E-state index is 13.6. The fourth-order valence-electron chi connectivity index (χ4n) is 6.74. The predicted octanol–water partition coefficient (Wildman–Crippen LogP) is 2.94. The van der Waals surface area contributed by atoms with Crippen molar-refractivity contribution in [3.63, 3.8) is 0 Å². The highest BCUT2D eigenvalue weighted by Gasteiger charge is 2.53. The first-order valence-corrected chi connectivity index (χ1v) is 12.6. The Hall–Kier alpha value is -3.26. The van der Waals surface area contributed by atoms with E-state index >= 15 is 0 Å². The Morgan fingerprint density at radius 3 is 2.39 bits per heavy atom. The fourth-order valence-corrected chi connectivity index (χ4v) is 6.74. The van der Waals surface area contributed by atoms with Crippen LogP contribution in [-0.2, 0) is 20.8 Å². The molecule has 3 atom stereocenters. The van der Waals surface area contributed by atoms with E-state index in [9.17, 15) is 19.8 Å². The lowest BCUT2D eigenvalue weighted by Gasteiger charge is -2.43. The lowest BCUT2D eigenvalue weighted by atomic mass is 9.89. The Balaban J connectivity index is 1.27. The number of nitrogens with zero attached hydrogens (tertiary/aromatic N) is 2. The summed E-state index contributed by atoms with van der Waals surface area (Å²) in [5.74, 6) is -0.815. The van der Waals surface area contributed by atoms with E-state index in [1.165, 1.54) is 7.05 Å². The Morgan fingerprint density at radius 2 is 1.67 bits per heavy atom. The van der Waals surface area contributed by atoms with Gasteiger partial charge >= 0.3 is 0 Å². The molecule has 2 amide bonds. The molecule has 2 aliphatic heterocycles. The number of carbonyl (C=O) groups excluding carboxylic acids is 2. The van der Waals surface area contributed by atoms with Crippen LogP contribution in [-0.4, -0.2) is 53.1 Å². The Morgan fingerprint density at radius 1 is 1.00 bits per heavy atom. The van der Waals surface area contributed by atoms with Crippen molar-refractivity contribution in [2.45, 2.75) is 49.5 Å². The van der Waals surface area contributed by atoms with Crippen LogP contribution in [0.5, 0.6) is 0 Å². The summed E-state index contributed by atoms with van der Waals surface area (Å²) in [5, 5.41) is 27.9. The van der Waals surface area contributed by atoms with Crippen molar-refractivity contribution in [3.8, 4) is 0 Å². The van der Waals surface area contributed by atoms with Gasteiger partial charge in [-0.1, -0.05) is 54.6 Å². The zero-order valence-corrected chi connectivity index (χ0v) is 20.6. The monoisotopic (exact) mass is 485 g/mol. The number of fused-ring (bicyclic) bond motifs is 1. The van der Waals surface area contributed by atoms with Crippen LogP contribution < -0.4 is 10.2 Å². The van der Waals surface area contributed by atoms with Gasteiger partial charge in [-0.15, -0.1) is 0 Å². The summed E-state index contributed by atoms with van der Waals surface area (Å²) in [6.07, 6.45) is 1.10. The first-order valence-electron chi connectivity index (χ1n) is 12.6. The molecule has 3 N–H and O–H groups in total. The molecule has 0 spiro atoms. The summed E-state index contributed by atoms with van der Waals surface area (Å²) < 4.78 is 0. The highest BCUT2D eigenvalue weighted by atomic mass is 16.3. The molecule has 7 nitrogen and oxygen atoms in total. The molecule has 6 rings (SSSR count).